The molecule has 1 aromatic carbocycles. The lowest BCUT2D eigenvalue weighted by molar-refractivity contribution is 0.375. The minimum absolute atomic E-state index is 0.445. The predicted molar refractivity (Wildman–Crippen MR) is 105 cm³/mol. The van der Waals surface area contributed by atoms with Crippen LogP contribution in [0, 0.1) is 0 Å². The number of hydrogen-bond donors (Lipinski definition) is 0. The molecule has 1 aliphatic heterocycles. The van der Waals surface area contributed by atoms with Crippen LogP contribution in [0.3, 0.4) is 0 Å². The van der Waals surface area contributed by atoms with E-state index in [1.807, 2.05) is 42.7 Å². The Balaban J connectivity index is 1.71. The van der Waals surface area contributed by atoms with Gasteiger partial charge in [-0.15, -0.1) is 23.5 Å². The van der Waals surface area contributed by atoms with Gasteiger partial charge in [0, 0.05) is 18.6 Å². The summed E-state index contributed by atoms with van der Waals surface area (Å²) in [6.07, 6.45) is 1.47. The summed E-state index contributed by atoms with van der Waals surface area (Å²) in [5.41, 5.74) is 1.94. The van der Waals surface area contributed by atoms with Gasteiger partial charge in [0.2, 0.25) is 5.88 Å². The number of thioether (sulfide) groups is 2. The summed E-state index contributed by atoms with van der Waals surface area (Å²) < 4.78 is 14.4. The summed E-state index contributed by atoms with van der Waals surface area (Å²) in [5, 5.41) is 5.05. The molecule has 0 bridgehead atoms. The molecule has 25 heavy (non-hydrogen) atoms. The van der Waals surface area contributed by atoms with Crippen molar-refractivity contribution in [1.82, 2.24) is 19.7 Å². The van der Waals surface area contributed by atoms with Crippen LogP contribution in [-0.4, -0.2) is 38.4 Å². The molecule has 1 fully saturated rings. The van der Waals surface area contributed by atoms with Crippen molar-refractivity contribution in [1.29, 1.82) is 0 Å². The summed E-state index contributed by atoms with van der Waals surface area (Å²) in [6, 6.07) is 6.07. The van der Waals surface area contributed by atoms with E-state index in [-0.39, 0.29) is 0 Å². The van der Waals surface area contributed by atoms with E-state index in [0.717, 1.165) is 5.39 Å². The Morgan fingerprint density at radius 2 is 2.00 bits per heavy atom. The van der Waals surface area contributed by atoms with Crippen LogP contribution in [0.5, 0.6) is 17.4 Å². The highest BCUT2D eigenvalue weighted by atomic mass is 79.9. The van der Waals surface area contributed by atoms with Crippen molar-refractivity contribution < 1.29 is 9.47 Å². The van der Waals surface area contributed by atoms with Gasteiger partial charge in [-0.1, -0.05) is 6.07 Å². The van der Waals surface area contributed by atoms with Gasteiger partial charge in [-0.25, -0.2) is 14.6 Å². The average Bonchev–Trinajstić information content (AvgIpc) is 3.25. The van der Waals surface area contributed by atoms with Crippen molar-refractivity contribution in [2.45, 2.75) is 4.58 Å². The molecule has 1 aliphatic rings. The van der Waals surface area contributed by atoms with Crippen molar-refractivity contribution >= 4 is 50.5 Å². The van der Waals surface area contributed by atoms with Crippen LogP contribution in [0.4, 0.5) is 0 Å². The lowest BCUT2D eigenvalue weighted by Crippen LogP contribution is -1.96. The van der Waals surface area contributed by atoms with Crippen LogP contribution in [0.1, 0.15) is 10.1 Å². The third-order valence-corrected chi connectivity index (χ3v) is 7.49. The van der Waals surface area contributed by atoms with Crippen molar-refractivity contribution in [3.05, 3.63) is 34.7 Å². The van der Waals surface area contributed by atoms with E-state index in [1.54, 1.807) is 11.8 Å². The zero-order valence-corrected chi connectivity index (χ0v) is 16.8. The fraction of sp³-hybridized carbons (Fsp3) is 0.312. The van der Waals surface area contributed by atoms with Crippen LogP contribution in [0.25, 0.3) is 11.0 Å². The molecule has 0 unspecified atom stereocenters. The summed E-state index contributed by atoms with van der Waals surface area (Å²) >= 11 is 7.36. The Hall–Kier alpha value is -1.45. The number of aromatic nitrogens is 4. The number of fused-ring (bicyclic) bond motifs is 1. The van der Waals surface area contributed by atoms with Crippen LogP contribution in [0.2, 0.25) is 0 Å². The molecule has 0 radical (unpaired) electrons. The van der Waals surface area contributed by atoms with Gasteiger partial charge in [0.1, 0.15) is 16.3 Å². The minimum atomic E-state index is 0.445. The average molecular weight is 439 g/mol. The fourth-order valence-electron chi connectivity index (χ4n) is 2.66. The standard InChI is InChI=1S/C16H15BrN4O2S2/c1-21-14-12(13(17)20-21)15(19-8-18-14)23-10-4-3-9(7-11(10)22-2)16-24-5-6-25-16/h3-4,7-8,16H,5-6H2,1-2H3. The molecule has 9 heteroatoms. The number of benzene rings is 1. The van der Waals surface area contributed by atoms with Gasteiger partial charge in [-0.05, 0) is 33.6 Å². The molecule has 0 saturated carbocycles. The normalized spacial score (nSPS) is 15.0. The van der Waals surface area contributed by atoms with Gasteiger partial charge in [0.15, 0.2) is 17.1 Å². The van der Waals surface area contributed by atoms with Crippen LogP contribution < -0.4 is 9.47 Å². The highest BCUT2D eigenvalue weighted by Gasteiger charge is 2.21. The molecule has 0 amide bonds. The number of nitrogens with zero attached hydrogens (tertiary/aromatic N) is 4. The van der Waals surface area contributed by atoms with Gasteiger partial charge >= 0.3 is 0 Å². The molecular weight excluding hydrogens is 424 g/mol. The number of rotatable bonds is 4. The van der Waals surface area contributed by atoms with Gasteiger partial charge in [-0.3, -0.25) is 0 Å². The van der Waals surface area contributed by atoms with E-state index < -0.39 is 0 Å². The maximum Gasteiger partial charge on any atom is 0.234 e. The summed E-state index contributed by atoms with van der Waals surface area (Å²) in [5.74, 6) is 4.13. The van der Waals surface area contributed by atoms with E-state index in [0.29, 0.717) is 32.2 Å². The van der Waals surface area contributed by atoms with Gasteiger partial charge in [0.25, 0.3) is 0 Å². The second-order valence-corrected chi connectivity index (χ2v) is 8.85. The first kappa shape index (κ1) is 17.0. The Labute approximate surface area is 161 Å². The molecule has 0 atom stereocenters. The van der Waals surface area contributed by atoms with Crippen molar-refractivity contribution in [3.8, 4) is 17.4 Å². The first-order valence-electron chi connectivity index (χ1n) is 7.59. The highest BCUT2D eigenvalue weighted by Crippen LogP contribution is 2.47. The van der Waals surface area contributed by atoms with E-state index in [4.69, 9.17) is 9.47 Å². The second kappa shape index (κ2) is 7.05. The predicted octanol–water partition coefficient (Wildman–Crippen LogP) is 4.41. The zero-order chi connectivity index (χ0) is 17.4. The van der Waals surface area contributed by atoms with E-state index in [2.05, 4.69) is 37.1 Å². The molecule has 4 rings (SSSR count). The number of halogens is 1. The van der Waals surface area contributed by atoms with Crippen LogP contribution >= 0.6 is 39.5 Å². The molecule has 3 aromatic rings. The van der Waals surface area contributed by atoms with Crippen LogP contribution in [-0.2, 0) is 7.05 Å². The van der Waals surface area contributed by atoms with Gasteiger partial charge < -0.3 is 9.47 Å². The van der Waals surface area contributed by atoms with Crippen molar-refractivity contribution in [2.75, 3.05) is 18.6 Å². The maximum absolute atomic E-state index is 6.05. The smallest absolute Gasteiger partial charge is 0.234 e. The lowest BCUT2D eigenvalue weighted by Gasteiger charge is -2.14. The fourth-order valence-corrected chi connectivity index (χ4v) is 6.09. The molecule has 0 aliphatic carbocycles. The number of aryl methyl sites for hydroxylation is 1. The molecule has 0 spiro atoms. The third-order valence-electron chi connectivity index (χ3n) is 3.83. The zero-order valence-electron chi connectivity index (χ0n) is 13.6. The van der Waals surface area contributed by atoms with Crippen LogP contribution in [0.15, 0.2) is 29.1 Å². The van der Waals surface area contributed by atoms with Crippen molar-refractivity contribution in [3.63, 3.8) is 0 Å². The topological polar surface area (TPSA) is 62.1 Å². The maximum atomic E-state index is 6.05. The Bertz CT molecular complexity index is 928. The van der Waals surface area contributed by atoms with E-state index in [1.165, 1.54) is 23.4 Å². The Kier molecular flexibility index (Phi) is 4.79. The monoisotopic (exact) mass is 438 g/mol. The molecule has 3 heterocycles. The number of ether oxygens (including phenoxy) is 2. The number of methoxy groups -OCH3 is 1. The first-order chi connectivity index (χ1) is 12.2. The van der Waals surface area contributed by atoms with Crippen molar-refractivity contribution in [2.24, 2.45) is 7.05 Å². The quantitative estimate of drug-likeness (QED) is 0.597. The van der Waals surface area contributed by atoms with Gasteiger partial charge in [-0.2, -0.15) is 5.10 Å². The SMILES string of the molecule is COc1cc(C2SCCS2)ccc1Oc1ncnc2c1c(Br)nn2C. The van der Waals surface area contributed by atoms with Gasteiger partial charge in [0.05, 0.1) is 11.7 Å². The summed E-state index contributed by atoms with van der Waals surface area (Å²) in [6.45, 7) is 0. The molecule has 130 valence electrons. The minimum Gasteiger partial charge on any atom is -0.493 e. The molecule has 1 saturated heterocycles. The lowest BCUT2D eigenvalue weighted by atomic mass is 10.2. The van der Waals surface area contributed by atoms with E-state index >= 15 is 0 Å². The Morgan fingerprint density at radius 1 is 1.20 bits per heavy atom. The summed E-state index contributed by atoms with van der Waals surface area (Å²) in [7, 11) is 3.48. The highest BCUT2D eigenvalue weighted by molar-refractivity contribution is 9.10. The largest absolute Gasteiger partial charge is 0.493 e. The molecular formula is C16H15BrN4O2S2. The first-order valence-corrected chi connectivity index (χ1v) is 10.5. The summed E-state index contributed by atoms with van der Waals surface area (Å²) in [4.78, 5) is 8.53. The number of hydrogen-bond acceptors (Lipinski definition) is 7. The second-order valence-electron chi connectivity index (χ2n) is 5.38. The molecule has 0 N–H and O–H groups in total. The molecule has 6 nitrogen and oxygen atoms in total. The van der Waals surface area contributed by atoms with E-state index in [9.17, 15) is 0 Å². The Morgan fingerprint density at radius 3 is 2.76 bits per heavy atom. The third kappa shape index (κ3) is 3.20. The molecule has 2 aromatic heterocycles.